The minimum absolute atomic E-state index is 0.960. The van der Waals surface area contributed by atoms with Crippen molar-refractivity contribution in [1.82, 2.24) is 0 Å². The minimum Gasteiger partial charge on any atom is -0.455 e. The molecule has 0 N–H and O–H groups in total. The minimum atomic E-state index is 0.960. The average Bonchev–Trinajstić information content (AvgIpc) is 3.10. The Kier molecular flexibility index (Phi) is 3.39. The van der Waals surface area contributed by atoms with Gasteiger partial charge >= 0.3 is 0 Å². The van der Waals surface area contributed by atoms with E-state index in [2.05, 4.69) is 91.9 Å². The Bertz CT molecular complexity index is 1210. The van der Waals surface area contributed by atoms with Crippen LogP contribution in [0.25, 0.3) is 44.2 Å². The standard InChI is InChI=1S/C25H18O/c1-17-9-8-14-22-23-20(18-10-4-2-5-11-18)15-16-21(25(23)26-24(17)22)19-12-6-3-7-13-19/h2-16H,1H3. The van der Waals surface area contributed by atoms with E-state index < -0.39 is 0 Å². The van der Waals surface area contributed by atoms with E-state index in [1.54, 1.807) is 0 Å². The van der Waals surface area contributed by atoms with E-state index in [9.17, 15) is 0 Å². The molecule has 124 valence electrons. The molecule has 1 aromatic heterocycles. The lowest BCUT2D eigenvalue weighted by Gasteiger charge is -2.08. The number of benzene rings is 4. The molecule has 26 heavy (non-hydrogen) atoms. The third kappa shape index (κ3) is 2.25. The van der Waals surface area contributed by atoms with Gasteiger partial charge in [0.2, 0.25) is 0 Å². The van der Waals surface area contributed by atoms with Crippen LogP contribution in [0.4, 0.5) is 0 Å². The Morgan fingerprint density at radius 3 is 1.85 bits per heavy atom. The van der Waals surface area contributed by atoms with E-state index in [0.29, 0.717) is 0 Å². The first-order valence-corrected chi connectivity index (χ1v) is 8.88. The number of para-hydroxylation sites is 1. The lowest BCUT2D eigenvalue weighted by molar-refractivity contribution is 0.667. The van der Waals surface area contributed by atoms with Gasteiger partial charge in [-0.15, -0.1) is 0 Å². The van der Waals surface area contributed by atoms with Crippen molar-refractivity contribution < 1.29 is 4.42 Å². The molecule has 0 spiro atoms. The summed E-state index contributed by atoms with van der Waals surface area (Å²) in [6, 6.07) is 31.8. The van der Waals surface area contributed by atoms with E-state index in [0.717, 1.165) is 22.3 Å². The zero-order valence-corrected chi connectivity index (χ0v) is 14.6. The SMILES string of the molecule is Cc1cccc2c1oc1c(-c3ccccc3)ccc(-c3ccccc3)c12. The van der Waals surface area contributed by atoms with Crippen molar-refractivity contribution >= 4 is 21.9 Å². The summed E-state index contributed by atoms with van der Waals surface area (Å²) >= 11 is 0. The van der Waals surface area contributed by atoms with Gasteiger partial charge in [-0.2, -0.15) is 0 Å². The van der Waals surface area contributed by atoms with Gasteiger partial charge in [0.05, 0.1) is 0 Å². The second-order valence-electron chi connectivity index (χ2n) is 6.65. The van der Waals surface area contributed by atoms with Crippen LogP contribution >= 0.6 is 0 Å². The monoisotopic (exact) mass is 334 g/mol. The first-order chi connectivity index (χ1) is 12.8. The van der Waals surface area contributed by atoms with Gasteiger partial charge in [-0.3, -0.25) is 0 Å². The van der Waals surface area contributed by atoms with Crippen LogP contribution in [0.1, 0.15) is 5.56 Å². The van der Waals surface area contributed by atoms with Crippen molar-refractivity contribution in [2.24, 2.45) is 0 Å². The maximum Gasteiger partial charge on any atom is 0.143 e. The molecule has 5 rings (SSSR count). The number of hydrogen-bond donors (Lipinski definition) is 0. The molecular weight excluding hydrogens is 316 g/mol. The molecule has 0 unspecified atom stereocenters. The van der Waals surface area contributed by atoms with Crippen molar-refractivity contribution in [3.63, 3.8) is 0 Å². The molecule has 1 heteroatoms. The smallest absolute Gasteiger partial charge is 0.143 e. The number of furan rings is 1. The molecular formula is C25H18O. The van der Waals surface area contributed by atoms with Crippen molar-refractivity contribution in [3.05, 3.63) is 96.6 Å². The Morgan fingerprint density at radius 2 is 1.15 bits per heavy atom. The highest BCUT2D eigenvalue weighted by Gasteiger charge is 2.17. The lowest BCUT2D eigenvalue weighted by atomic mass is 9.94. The van der Waals surface area contributed by atoms with Gasteiger partial charge in [-0.25, -0.2) is 0 Å². The van der Waals surface area contributed by atoms with Crippen molar-refractivity contribution in [2.45, 2.75) is 6.92 Å². The van der Waals surface area contributed by atoms with Crippen LogP contribution in [0.5, 0.6) is 0 Å². The number of aryl methyl sites for hydroxylation is 1. The molecule has 0 saturated carbocycles. The highest BCUT2D eigenvalue weighted by atomic mass is 16.3. The molecule has 0 atom stereocenters. The van der Waals surface area contributed by atoms with Crippen molar-refractivity contribution in [2.75, 3.05) is 0 Å². The third-order valence-corrected chi connectivity index (χ3v) is 5.01. The maximum absolute atomic E-state index is 6.43. The van der Waals surface area contributed by atoms with Crippen LogP contribution in [0.2, 0.25) is 0 Å². The van der Waals surface area contributed by atoms with Gasteiger partial charge in [-0.05, 0) is 35.2 Å². The van der Waals surface area contributed by atoms with Gasteiger partial charge in [0, 0.05) is 16.3 Å². The van der Waals surface area contributed by atoms with Crippen LogP contribution in [0.15, 0.2) is 95.4 Å². The normalized spacial score (nSPS) is 11.3. The average molecular weight is 334 g/mol. The van der Waals surface area contributed by atoms with Crippen LogP contribution in [-0.4, -0.2) is 0 Å². The van der Waals surface area contributed by atoms with E-state index in [1.807, 2.05) is 6.07 Å². The largest absolute Gasteiger partial charge is 0.455 e. The molecule has 0 aliphatic rings. The summed E-state index contributed by atoms with van der Waals surface area (Å²) in [7, 11) is 0. The van der Waals surface area contributed by atoms with Gasteiger partial charge in [0.15, 0.2) is 0 Å². The molecule has 0 saturated heterocycles. The van der Waals surface area contributed by atoms with E-state index >= 15 is 0 Å². The summed E-state index contributed by atoms with van der Waals surface area (Å²) in [6.45, 7) is 2.11. The lowest BCUT2D eigenvalue weighted by Crippen LogP contribution is -1.83. The molecule has 0 radical (unpaired) electrons. The molecule has 4 aromatic carbocycles. The molecule has 0 fully saturated rings. The van der Waals surface area contributed by atoms with Crippen LogP contribution in [0, 0.1) is 6.92 Å². The first kappa shape index (κ1) is 15.0. The van der Waals surface area contributed by atoms with Gasteiger partial charge in [0.1, 0.15) is 11.2 Å². The van der Waals surface area contributed by atoms with Crippen LogP contribution in [0.3, 0.4) is 0 Å². The Morgan fingerprint density at radius 1 is 0.538 bits per heavy atom. The molecule has 0 aliphatic heterocycles. The summed E-state index contributed by atoms with van der Waals surface area (Å²) < 4.78 is 6.43. The van der Waals surface area contributed by atoms with E-state index in [4.69, 9.17) is 4.42 Å². The summed E-state index contributed by atoms with van der Waals surface area (Å²) in [4.78, 5) is 0. The van der Waals surface area contributed by atoms with Gasteiger partial charge < -0.3 is 4.42 Å². The molecule has 0 aliphatic carbocycles. The molecule has 1 nitrogen and oxygen atoms in total. The van der Waals surface area contributed by atoms with Crippen molar-refractivity contribution in [1.29, 1.82) is 0 Å². The van der Waals surface area contributed by atoms with E-state index in [-0.39, 0.29) is 0 Å². The molecule has 1 heterocycles. The molecule has 0 amide bonds. The summed E-state index contributed by atoms with van der Waals surface area (Å²) in [5, 5.41) is 2.37. The Balaban J connectivity index is 1.94. The molecule has 5 aromatic rings. The van der Waals surface area contributed by atoms with Crippen LogP contribution < -0.4 is 0 Å². The quantitative estimate of drug-likeness (QED) is 0.332. The fourth-order valence-corrected chi connectivity index (χ4v) is 3.75. The fourth-order valence-electron chi connectivity index (χ4n) is 3.75. The maximum atomic E-state index is 6.43. The Labute approximate surface area is 152 Å². The van der Waals surface area contributed by atoms with Crippen LogP contribution in [-0.2, 0) is 0 Å². The van der Waals surface area contributed by atoms with Gasteiger partial charge in [-0.1, -0.05) is 84.9 Å². The highest BCUT2D eigenvalue weighted by Crippen LogP contribution is 2.42. The predicted molar refractivity (Wildman–Crippen MR) is 109 cm³/mol. The summed E-state index contributed by atoms with van der Waals surface area (Å²) in [5.41, 5.74) is 7.83. The first-order valence-electron chi connectivity index (χ1n) is 8.88. The number of rotatable bonds is 2. The second-order valence-corrected chi connectivity index (χ2v) is 6.65. The predicted octanol–water partition coefficient (Wildman–Crippen LogP) is 7.23. The zero-order valence-electron chi connectivity index (χ0n) is 14.6. The Hall–Kier alpha value is -3.32. The molecule has 0 bridgehead atoms. The fraction of sp³-hybridized carbons (Fsp3) is 0.0400. The topological polar surface area (TPSA) is 13.1 Å². The zero-order chi connectivity index (χ0) is 17.5. The summed E-state index contributed by atoms with van der Waals surface area (Å²) in [5.74, 6) is 0. The highest BCUT2D eigenvalue weighted by molar-refractivity contribution is 6.16. The van der Waals surface area contributed by atoms with Gasteiger partial charge in [0.25, 0.3) is 0 Å². The second kappa shape index (κ2) is 5.89. The third-order valence-electron chi connectivity index (χ3n) is 5.01. The summed E-state index contributed by atoms with van der Waals surface area (Å²) in [6.07, 6.45) is 0. The van der Waals surface area contributed by atoms with Crippen molar-refractivity contribution in [3.8, 4) is 22.3 Å². The van der Waals surface area contributed by atoms with E-state index in [1.165, 1.54) is 27.5 Å². The number of fused-ring (bicyclic) bond motifs is 3. The number of hydrogen-bond acceptors (Lipinski definition) is 1.